The number of benzene rings is 3. The first-order valence-electron chi connectivity index (χ1n) is 8.91. The first-order chi connectivity index (χ1) is 13.6. The van der Waals surface area contributed by atoms with Gasteiger partial charge in [0.05, 0.1) is 7.11 Å². The summed E-state index contributed by atoms with van der Waals surface area (Å²) in [6, 6.07) is 19.9. The van der Waals surface area contributed by atoms with Crippen LogP contribution in [0.4, 0.5) is 10.5 Å². The minimum Gasteiger partial charge on any atom is -0.496 e. The van der Waals surface area contributed by atoms with Crippen LogP contribution in [0.25, 0.3) is 10.8 Å². The van der Waals surface area contributed by atoms with Gasteiger partial charge in [0.25, 0.3) is 0 Å². The number of carbonyl (C=O) groups excluding carboxylic acids is 2. The average Bonchev–Trinajstić information content (AvgIpc) is 2.72. The number of carbonyl (C=O) groups is 2. The third-order valence-electron chi connectivity index (χ3n) is 4.25. The van der Waals surface area contributed by atoms with E-state index in [2.05, 4.69) is 10.6 Å². The van der Waals surface area contributed by atoms with E-state index in [0.717, 1.165) is 16.3 Å². The fourth-order valence-electron chi connectivity index (χ4n) is 2.77. The van der Waals surface area contributed by atoms with Crippen molar-refractivity contribution in [2.45, 2.75) is 19.6 Å². The number of hydrogen-bond acceptors (Lipinski definition) is 4. The molecular weight excluding hydrogens is 356 g/mol. The van der Waals surface area contributed by atoms with Crippen LogP contribution in [-0.2, 0) is 16.1 Å². The molecule has 3 rings (SSSR count). The van der Waals surface area contributed by atoms with E-state index < -0.39 is 12.1 Å². The Hall–Kier alpha value is -3.54. The molecule has 0 fully saturated rings. The molecule has 0 radical (unpaired) electrons. The van der Waals surface area contributed by atoms with Gasteiger partial charge in [-0.05, 0) is 23.9 Å². The Bertz CT molecular complexity index is 973. The molecule has 1 unspecified atom stereocenters. The van der Waals surface area contributed by atoms with Crippen LogP contribution >= 0.6 is 0 Å². The van der Waals surface area contributed by atoms with E-state index in [9.17, 15) is 9.59 Å². The Morgan fingerprint density at radius 1 is 1.00 bits per heavy atom. The maximum Gasteiger partial charge on any atom is 0.408 e. The topological polar surface area (TPSA) is 76.7 Å². The monoisotopic (exact) mass is 378 g/mol. The van der Waals surface area contributed by atoms with Crippen molar-refractivity contribution >= 4 is 28.5 Å². The van der Waals surface area contributed by atoms with Gasteiger partial charge in [-0.1, -0.05) is 54.6 Å². The molecule has 0 saturated heterocycles. The predicted molar refractivity (Wildman–Crippen MR) is 108 cm³/mol. The zero-order valence-electron chi connectivity index (χ0n) is 15.8. The third kappa shape index (κ3) is 4.79. The van der Waals surface area contributed by atoms with E-state index in [1.165, 1.54) is 0 Å². The van der Waals surface area contributed by atoms with Crippen molar-refractivity contribution in [1.82, 2.24) is 5.32 Å². The molecule has 0 spiro atoms. The number of fused-ring (bicyclic) bond motifs is 1. The summed E-state index contributed by atoms with van der Waals surface area (Å²) in [5.41, 5.74) is 1.46. The van der Waals surface area contributed by atoms with Crippen molar-refractivity contribution in [1.29, 1.82) is 0 Å². The third-order valence-corrected chi connectivity index (χ3v) is 4.25. The molecule has 2 amide bonds. The average molecular weight is 378 g/mol. The van der Waals surface area contributed by atoms with Crippen molar-refractivity contribution in [3.63, 3.8) is 0 Å². The summed E-state index contributed by atoms with van der Waals surface area (Å²) in [5.74, 6) is 0.310. The largest absolute Gasteiger partial charge is 0.496 e. The molecule has 0 aliphatic heterocycles. The van der Waals surface area contributed by atoms with Crippen molar-refractivity contribution in [2.24, 2.45) is 0 Å². The summed E-state index contributed by atoms with van der Waals surface area (Å²) in [5, 5.41) is 7.23. The highest BCUT2D eigenvalue weighted by atomic mass is 16.5. The number of amides is 2. The summed E-state index contributed by atoms with van der Waals surface area (Å²) in [7, 11) is 1.58. The van der Waals surface area contributed by atoms with Crippen molar-refractivity contribution < 1.29 is 19.1 Å². The summed E-state index contributed by atoms with van der Waals surface area (Å²) in [6.45, 7) is 1.74. The maximum atomic E-state index is 12.4. The first kappa shape index (κ1) is 19.2. The van der Waals surface area contributed by atoms with Crippen LogP contribution < -0.4 is 15.4 Å². The molecule has 0 aromatic heterocycles. The lowest BCUT2D eigenvalue weighted by atomic mass is 10.1. The molecule has 144 valence electrons. The zero-order valence-corrected chi connectivity index (χ0v) is 15.8. The van der Waals surface area contributed by atoms with Gasteiger partial charge in [0.15, 0.2) is 0 Å². The second kappa shape index (κ2) is 8.90. The van der Waals surface area contributed by atoms with Crippen LogP contribution in [0.5, 0.6) is 5.75 Å². The molecule has 0 heterocycles. The number of ether oxygens (including phenoxy) is 2. The van der Waals surface area contributed by atoms with E-state index in [1.807, 2.05) is 60.7 Å². The Morgan fingerprint density at radius 3 is 2.46 bits per heavy atom. The number of methoxy groups -OCH3 is 1. The van der Waals surface area contributed by atoms with E-state index in [-0.39, 0.29) is 12.5 Å². The number of rotatable bonds is 6. The molecule has 0 bridgehead atoms. The Balaban J connectivity index is 1.59. The van der Waals surface area contributed by atoms with Crippen LogP contribution in [0.1, 0.15) is 12.5 Å². The smallest absolute Gasteiger partial charge is 0.408 e. The van der Waals surface area contributed by atoms with Gasteiger partial charge in [0.1, 0.15) is 18.4 Å². The summed E-state index contributed by atoms with van der Waals surface area (Å²) in [4.78, 5) is 24.4. The summed E-state index contributed by atoms with van der Waals surface area (Å²) in [6.07, 6.45) is -0.650. The van der Waals surface area contributed by atoms with Crippen LogP contribution in [0.2, 0.25) is 0 Å². The Labute approximate surface area is 163 Å². The van der Waals surface area contributed by atoms with Crippen LogP contribution in [-0.4, -0.2) is 25.2 Å². The first-order valence-corrected chi connectivity index (χ1v) is 8.91. The molecule has 0 aliphatic rings. The number of alkyl carbamates (subject to hydrolysis) is 1. The molecule has 3 aromatic rings. The highest BCUT2D eigenvalue weighted by Gasteiger charge is 2.17. The van der Waals surface area contributed by atoms with E-state index in [0.29, 0.717) is 11.4 Å². The number of hydrogen-bond donors (Lipinski definition) is 2. The van der Waals surface area contributed by atoms with E-state index in [1.54, 1.807) is 20.1 Å². The molecule has 6 nitrogen and oxygen atoms in total. The quantitative estimate of drug-likeness (QED) is 0.677. The lowest BCUT2D eigenvalue weighted by Gasteiger charge is -2.15. The number of nitrogens with one attached hydrogen (secondary N) is 2. The Kier molecular flexibility index (Phi) is 6.11. The fraction of sp³-hybridized carbons (Fsp3) is 0.182. The maximum absolute atomic E-state index is 12.4. The van der Waals surface area contributed by atoms with Gasteiger partial charge in [-0.3, -0.25) is 4.79 Å². The summed E-state index contributed by atoms with van der Waals surface area (Å²) >= 11 is 0. The van der Waals surface area contributed by atoms with Crippen LogP contribution in [0.15, 0.2) is 66.7 Å². The van der Waals surface area contributed by atoms with Gasteiger partial charge in [-0.15, -0.1) is 0 Å². The minimum absolute atomic E-state index is 0.142. The van der Waals surface area contributed by atoms with Gasteiger partial charge >= 0.3 is 6.09 Å². The second-order valence-corrected chi connectivity index (χ2v) is 6.32. The predicted octanol–water partition coefficient (Wildman–Crippen LogP) is 4.10. The number of anilines is 1. The van der Waals surface area contributed by atoms with Crippen molar-refractivity contribution in [3.8, 4) is 5.75 Å². The van der Waals surface area contributed by atoms with E-state index >= 15 is 0 Å². The lowest BCUT2D eigenvalue weighted by molar-refractivity contribution is -0.117. The highest BCUT2D eigenvalue weighted by Crippen LogP contribution is 2.29. The second-order valence-electron chi connectivity index (χ2n) is 6.32. The van der Waals surface area contributed by atoms with Gasteiger partial charge in [-0.2, -0.15) is 0 Å². The van der Waals surface area contributed by atoms with Crippen molar-refractivity contribution in [3.05, 3.63) is 72.3 Å². The highest BCUT2D eigenvalue weighted by molar-refractivity contribution is 5.99. The van der Waals surface area contributed by atoms with Crippen molar-refractivity contribution in [2.75, 3.05) is 12.4 Å². The Morgan fingerprint density at radius 2 is 1.71 bits per heavy atom. The molecule has 2 N–H and O–H groups in total. The lowest BCUT2D eigenvalue weighted by Crippen LogP contribution is -2.41. The van der Waals surface area contributed by atoms with E-state index in [4.69, 9.17) is 9.47 Å². The SMILES string of the molecule is COc1cc(NC(=O)C(C)NC(=O)OCc2ccccc2)cc2ccccc12. The zero-order chi connectivity index (χ0) is 19.9. The standard InChI is InChI=1S/C22H22N2O4/c1-15(23-22(26)28-14-16-8-4-3-5-9-16)21(25)24-18-12-17-10-6-7-11-19(17)20(13-18)27-2/h3-13,15H,14H2,1-2H3,(H,23,26)(H,24,25). The fourth-order valence-corrected chi connectivity index (χ4v) is 2.77. The van der Waals surface area contributed by atoms with Crippen LogP contribution in [0, 0.1) is 0 Å². The molecule has 1 atom stereocenters. The summed E-state index contributed by atoms with van der Waals surface area (Å²) < 4.78 is 10.6. The van der Waals surface area contributed by atoms with Gasteiger partial charge in [0, 0.05) is 17.1 Å². The normalized spacial score (nSPS) is 11.5. The minimum atomic E-state index is -0.763. The molecule has 28 heavy (non-hydrogen) atoms. The van der Waals surface area contributed by atoms with Crippen LogP contribution in [0.3, 0.4) is 0 Å². The molecule has 3 aromatic carbocycles. The molecule has 0 saturated carbocycles. The molecule has 6 heteroatoms. The van der Waals surface area contributed by atoms with Gasteiger partial charge in [0.2, 0.25) is 5.91 Å². The molecular formula is C22H22N2O4. The van der Waals surface area contributed by atoms with Gasteiger partial charge in [-0.25, -0.2) is 4.79 Å². The molecule has 0 aliphatic carbocycles. The van der Waals surface area contributed by atoms with Gasteiger partial charge < -0.3 is 20.1 Å².